The van der Waals surface area contributed by atoms with E-state index in [1.54, 1.807) is 0 Å². The second-order valence-corrected chi connectivity index (χ2v) is 4.13. The molecule has 0 atom stereocenters. The molecule has 2 aromatic rings. The first-order chi connectivity index (χ1) is 9.52. The number of carboxylic acid groups (broad SMARTS) is 1. The first kappa shape index (κ1) is 15.4. The Morgan fingerprint density at radius 2 is 1.15 bits per heavy atom. The van der Waals surface area contributed by atoms with Gasteiger partial charge in [0.25, 0.3) is 0 Å². The van der Waals surface area contributed by atoms with Gasteiger partial charge in [-0.2, -0.15) is 0 Å². The van der Waals surface area contributed by atoms with Gasteiger partial charge in [0.15, 0.2) is 5.78 Å². The Morgan fingerprint density at radius 1 is 0.850 bits per heavy atom. The predicted octanol–water partition coefficient (Wildman–Crippen LogP) is 2.23. The van der Waals surface area contributed by atoms with Gasteiger partial charge in [-0.05, 0) is 12.5 Å². The molecule has 0 spiro atoms. The number of carboxylic acids is 1. The molecule has 3 nitrogen and oxygen atoms in total. The number of carbonyl (C=O) groups is 2. The summed E-state index contributed by atoms with van der Waals surface area (Å²) in [5.74, 6) is -1.11. The average molecular weight is 267 g/mol. The minimum absolute atomic E-state index is 0.0648. The van der Waals surface area contributed by atoms with Crippen LogP contribution in [0, 0.1) is 0 Å². The number of hydrogen-bond acceptors (Lipinski definition) is 3. The van der Waals surface area contributed by atoms with Gasteiger partial charge in [-0.25, -0.2) is 0 Å². The Kier molecular flexibility index (Phi) is 5.91. The average Bonchev–Trinajstić information content (AvgIpc) is 2.49. The van der Waals surface area contributed by atoms with E-state index in [2.05, 4.69) is 6.58 Å². The summed E-state index contributed by atoms with van der Waals surface area (Å²) in [6, 6.07) is 18.6. The van der Waals surface area contributed by atoms with Crippen molar-refractivity contribution in [2.75, 3.05) is 0 Å². The number of hydrogen-bond donors (Lipinski definition) is 0. The highest BCUT2D eigenvalue weighted by molar-refractivity contribution is 6.08. The molecule has 0 saturated carbocycles. The van der Waals surface area contributed by atoms with Crippen LogP contribution in [0.2, 0.25) is 0 Å². The van der Waals surface area contributed by atoms with Crippen molar-refractivity contribution in [3.05, 3.63) is 83.9 Å². The molecule has 0 amide bonds. The summed E-state index contributed by atoms with van der Waals surface area (Å²) in [4.78, 5) is 21.3. The van der Waals surface area contributed by atoms with Crippen LogP contribution in [0.25, 0.3) is 0 Å². The third kappa shape index (κ3) is 4.90. The Hall–Kier alpha value is -2.68. The molecule has 0 aliphatic carbocycles. The second kappa shape index (κ2) is 7.69. The van der Waals surface area contributed by atoms with E-state index in [-0.39, 0.29) is 11.4 Å². The van der Waals surface area contributed by atoms with Gasteiger partial charge in [0.2, 0.25) is 0 Å². The largest absolute Gasteiger partial charge is 0.545 e. The number of ketones is 1. The van der Waals surface area contributed by atoms with Crippen molar-refractivity contribution in [3.63, 3.8) is 0 Å². The lowest BCUT2D eigenvalue weighted by molar-refractivity contribution is -0.299. The lowest BCUT2D eigenvalue weighted by atomic mass is 10.0. The minimum atomic E-state index is -1.19. The maximum Gasteiger partial charge on any atom is 0.193 e. The molecular weight excluding hydrogens is 252 g/mol. The van der Waals surface area contributed by atoms with Crippen molar-refractivity contribution in [1.29, 1.82) is 0 Å². The Bertz CT molecular complexity index is 533. The molecule has 102 valence electrons. The van der Waals surface area contributed by atoms with E-state index in [9.17, 15) is 14.7 Å². The van der Waals surface area contributed by atoms with Crippen molar-refractivity contribution >= 4 is 11.8 Å². The predicted molar refractivity (Wildman–Crippen MR) is 76.1 cm³/mol. The summed E-state index contributed by atoms with van der Waals surface area (Å²) in [6.45, 7) is 4.48. The minimum Gasteiger partial charge on any atom is -0.545 e. The third-order valence-electron chi connectivity index (χ3n) is 2.42. The summed E-state index contributed by atoms with van der Waals surface area (Å²) >= 11 is 0. The highest BCUT2D eigenvalue weighted by atomic mass is 16.4. The maximum atomic E-state index is 11.8. The fourth-order valence-corrected chi connectivity index (χ4v) is 1.35. The molecule has 0 aliphatic heterocycles. The summed E-state index contributed by atoms with van der Waals surface area (Å²) in [5.41, 5.74) is 1.53. The van der Waals surface area contributed by atoms with Crippen molar-refractivity contribution in [2.45, 2.75) is 6.92 Å². The first-order valence-electron chi connectivity index (χ1n) is 6.04. The Balaban J connectivity index is 0.000000286. The molecule has 2 aromatic carbocycles. The summed E-state index contributed by atoms with van der Waals surface area (Å²) in [7, 11) is 0. The quantitative estimate of drug-likeness (QED) is 0.633. The molecular formula is C17H15O3-. The fraction of sp³-hybridized carbons (Fsp3) is 0.0588. The van der Waals surface area contributed by atoms with E-state index in [4.69, 9.17) is 0 Å². The van der Waals surface area contributed by atoms with Gasteiger partial charge >= 0.3 is 0 Å². The zero-order valence-corrected chi connectivity index (χ0v) is 11.2. The Morgan fingerprint density at radius 3 is 1.40 bits per heavy atom. The molecule has 2 rings (SSSR count). The molecule has 0 bridgehead atoms. The van der Waals surface area contributed by atoms with Gasteiger partial charge in [0.05, 0.1) is 5.97 Å². The van der Waals surface area contributed by atoms with Crippen LogP contribution in [0.3, 0.4) is 0 Å². The van der Waals surface area contributed by atoms with Crippen molar-refractivity contribution in [2.24, 2.45) is 0 Å². The summed E-state index contributed by atoms with van der Waals surface area (Å²) in [5, 5.41) is 9.49. The monoisotopic (exact) mass is 267 g/mol. The van der Waals surface area contributed by atoms with Gasteiger partial charge in [-0.15, -0.1) is 0 Å². The van der Waals surface area contributed by atoms with Crippen molar-refractivity contribution in [3.8, 4) is 0 Å². The highest BCUT2D eigenvalue weighted by Crippen LogP contribution is 2.08. The maximum absolute atomic E-state index is 11.8. The zero-order chi connectivity index (χ0) is 15.0. The van der Waals surface area contributed by atoms with E-state index in [1.165, 1.54) is 6.92 Å². The van der Waals surface area contributed by atoms with E-state index in [1.807, 2.05) is 60.7 Å². The summed E-state index contributed by atoms with van der Waals surface area (Å²) in [6.07, 6.45) is 0. The molecule has 0 heterocycles. The van der Waals surface area contributed by atoms with E-state index in [0.29, 0.717) is 0 Å². The third-order valence-corrected chi connectivity index (χ3v) is 2.42. The zero-order valence-electron chi connectivity index (χ0n) is 11.2. The second-order valence-electron chi connectivity index (χ2n) is 4.13. The van der Waals surface area contributed by atoms with Crippen LogP contribution < -0.4 is 5.11 Å². The van der Waals surface area contributed by atoms with Crippen molar-refractivity contribution < 1.29 is 14.7 Å². The SMILES string of the molecule is C=C(C)C(=O)[O-].O=C(c1ccccc1)c1ccccc1. The summed E-state index contributed by atoms with van der Waals surface area (Å²) < 4.78 is 0. The molecule has 0 saturated heterocycles. The van der Waals surface area contributed by atoms with Crippen LogP contribution in [0.1, 0.15) is 22.8 Å². The number of rotatable bonds is 3. The van der Waals surface area contributed by atoms with Crippen LogP contribution in [-0.2, 0) is 4.79 Å². The molecule has 0 aliphatic rings. The molecule has 0 N–H and O–H groups in total. The lowest BCUT2D eigenvalue weighted by Gasteiger charge is -1.99. The molecule has 0 radical (unpaired) electrons. The van der Waals surface area contributed by atoms with Crippen LogP contribution in [0.5, 0.6) is 0 Å². The first-order valence-corrected chi connectivity index (χ1v) is 6.04. The van der Waals surface area contributed by atoms with Crippen LogP contribution in [0.4, 0.5) is 0 Å². The van der Waals surface area contributed by atoms with Crippen molar-refractivity contribution in [1.82, 2.24) is 0 Å². The molecule has 0 unspecified atom stereocenters. The normalized spacial score (nSPS) is 9.05. The van der Waals surface area contributed by atoms with Gasteiger partial charge in [0.1, 0.15) is 0 Å². The van der Waals surface area contributed by atoms with E-state index < -0.39 is 5.97 Å². The van der Waals surface area contributed by atoms with Gasteiger partial charge in [0, 0.05) is 11.1 Å². The van der Waals surface area contributed by atoms with Crippen LogP contribution in [-0.4, -0.2) is 11.8 Å². The van der Waals surface area contributed by atoms with Gasteiger partial charge < -0.3 is 9.90 Å². The van der Waals surface area contributed by atoms with Gasteiger partial charge in [-0.1, -0.05) is 67.2 Å². The van der Waals surface area contributed by atoms with Crippen LogP contribution >= 0.6 is 0 Å². The van der Waals surface area contributed by atoms with E-state index >= 15 is 0 Å². The molecule has 20 heavy (non-hydrogen) atoms. The topological polar surface area (TPSA) is 57.2 Å². The number of aliphatic carboxylic acids is 1. The fourth-order valence-electron chi connectivity index (χ4n) is 1.35. The van der Waals surface area contributed by atoms with E-state index in [0.717, 1.165) is 11.1 Å². The smallest absolute Gasteiger partial charge is 0.193 e. The highest BCUT2D eigenvalue weighted by Gasteiger charge is 2.06. The number of carbonyl (C=O) groups excluding carboxylic acids is 2. The lowest BCUT2D eigenvalue weighted by Crippen LogP contribution is -2.22. The standard InChI is InChI=1S/C13H10O.C4H6O2/c14-13(11-7-3-1-4-8-11)12-9-5-2-6-10-12;1-3(2)4(5)6/h1-10H;1H2,2H3,(H,5,6)/p-1. The Labute approximate surface area is 118 Å². The van der Waals surface area contributed by atoms with Crippen LogP contribution in [0.15, 0.2) is 72.8 Å². The molecule has 0 aromatic heterocycles. The van der Waals surface area contributed by atoms with Gasteiger partial charge in [-0.3, -0.25) is 4.79 Å². The number of benzene rings is 2. The molecule has 0 fully saturated rings. The molecule has 3 heteroatoms.